The summed E-state index contributed by atoms with van der Waals surface area (Å²) in [6.45, 7) is 6.84. The first-order valence-electron chi connectivity index (χ1n) is 9.90. The van der Waals surface area contributed by atoms with E-state index in [1.165, 1.54) is 5.56 Å². The van der Waals surface area contributed by atoms with Gasteiger partial charge in [0.2, 0.25) is 17.6 Å². The number of carbonyl (C=O) groups is 1. The van der Waals surface area contributed by atoms with E-state index < -0.39 is 0 Å². The third kappa shape index (κ3) is 5.22. The molecule has 152 valence electrons. The summed E-state index contributed by atoms with van der Waals surface area (Å²) < 4.78 is 10.8. The lowest BCUT2D eigenvalue weighted by Gasteiger charge is -2.18. The van der Waals surface area contributed by atoms with Crippen molar-refractivity contribution < 1.29 is 14.1 Å². The van der Waals surface area contributed by atoms with Crippen LogP contribution >= 0.6 is 0 Å². The van der Waals surface area contributed by atoms with Gasteiger partial charge in [0.15, 0.2) is 0 Å². The molecule has 0 radical (unpaired) electrons. The van der Waals surface area contributed by atoms with Crippen LogP contribution < -0.4 is 9.64 Å². The standard InChI is InChI=1S/C23H27N3O3/c1-5-28-20-11-9-17(10-12-20)23-24-21(29-25-23)13-14-22(27)26(4)19-8-6-7-18(15-19)16(2)3/h6-12,15-16H,5,13-14H2,1-4H3. The summed E-state index contributed by atoms with van der Waals surface area (Å²) in [5, 5.41) is 4.02. The number of anilines is 1. The zero-order valence-electron chi connectivity index (χ0n) is 17.4. The van der Waals surface area contributed by atoms with Crippen molar-refractivity contribution in [2.75, 3.05) is 18.6 Å². The summed E-state index contributed by atoms with van der Waals surface area (Å²) in [5.74, 6) is 2.18. The van der Waals surface area contributed by atoms with Crippen molar-refractivity contribution in [2.24, 2.45) is 0 Å². The summed E-state index contributed by atoms with van der Waals surface area (Å²) in [7, 11) is 1.79. The second-order valence-corrected chi connectivity index (χ2v) is 7.17. The summed E-state index contributed by atoms with van der Waals surface area (Å²) in [5.41, 5.74) is 2.94. The molecule has 6 heteroatoms. The van der Waals surface area contributed by atoms with Crippen molar-refractivity contribution in [3.05, 3.63) is 60.0 Å². The number of benzene rings is 2. The molecule has 1 amide bonds. The largest absolute Gasteiger partial charge is 0.494 e. The van der Waals surface area contributed by atoms with Crippen LogP contribution in [0.5, 0.6) is 5.75 Å². The first-order valence-corrected chi connectivity index (χ1v) is 9.90. The number of rotatable bonds is 8. The topological polar surface area (TPSA) is 68.5 Å². The van der Waals surface area contributed by atoms with Gasteiger partial charge in [0.25, 0.3) is 0 Å². The predicted molar refractivity (Wildman–Crippen MR) is 113 cm³/mol. The zero-order valence-corrected chi connectivity index (χ0v) is 17.4. The summed E-state index contributed by atoms with van der Waals surface area (Å²) >= 11 is 0. The molecule has 1 aromatic heterocycles. The van der Waals surface area contributed by atoms with Crippen LogP contribution in [0.1, 0.15) is 44.6 Å². The van der Waals surface area contributed by atoms with Gasteiger partial charge in [-0.25, -0.2) is 0 Å². The predicted octanol–water partition coefficient (Wildman–Crippen LogP) is 4.85. The molecule has 0 bridgehead atoms. The van der Waals surface area contributed by atoms with Crippen LogP contribution in [0, 0.1) is 0 Å². The molecule has 0 spiro atoms. The number of nitrogens with zero attached hydrogens (tertiary/aromatic N) is 3. The highest BCUT2D eigenvalue weighted by Gasteiger charge is 2.15. The average molecular weight is 393 g/mol. The molecule has 0 unspecified atom stereocenters. The van der Waals surface area contributed by atoms with Gasteiger partial charge in [-0.1, -0.05) is 31.1 Å². The fraction of sp³-hybridized carbons (Fsp3) is 0.348. The molecule has 0 atom stereocenters. The summed E-state index contributed by atoms with van der Waals surface area (Å²) in [6.07, 6.45) is 0.699. The van der Waals surface area contributed by atoms with Crippen LogP contribution in [0.2, 0.25) is 0 Å². The average Bonchev–Trinajstić information content (AvgIpc) is 3.21. The quantitative estimate of drug-likeness (QED) is 0.547. The Balaban J connectivity index is 1.60. The molecule has 0 saturated carbocycles. The highest BCUT2D eigenvalue weighted by molar-refractivity contribution is 5.92. The molecule has 0 fully saturated rings. The summed E-state index contributed by atoms with van der Waals surface area (Å²) in [6, 6.07) is 15.6. The molecule has 0 saturated heterocycles. The van der Waals surface area contributed by atoms with E-state index in [0.717, 1.165) is 17.0 Å². The van der Waals surface area contributed by atoms with Gasteiger partial charge in [-0.2, -0.15) is 4.98 Å². The van der Waals surface area contributed by atoms with Gasteiger partial charge in [-0.05, 0) is 54.8 Å². The molecule has 0 aliphatic rings. The lowest BCUT2D eigenvalue weighted by molar-refractivity contribution is -0.118. The van der Waals surface area contributed by atoms with Gasteiger partial charge in [-0.3, -0.25) is 4.79 Å². The third-order valence-corrected chi connectivity index (χ3v) is 4.74. The Kier molecular flexibility index (Phi) is 6.65. The Morgan fingerprint density at radius 3 is 2.62 bits per heavy atom. The van der Waals surface area contributed by atoms with Crippen molar-refractivity contribution in [3.8, 4) is 17.1 Å². The van der Waals surface area contributed by atoms with Crippen LogP contribution in [-0.2, 0) is 11.2 Å². The van der Waals surface area contributed by atoms with E-state index in [2.05, 4.69) is 36.1 Å². The van der Waals surface area contributed by atoms with E-state index in [0.29, 0.717) is 37.1 Å². The number of hydrogen-bond donors (Lipinski definition) is 0. The molecular weight excluding hydrogens is 366 g/mol. The number of carbonyl (C=O) groups excluding carboxylic acids is 1. The third-order valence-electron chi connectivity index (χ3n) is 4.74. The normalized spacial score (nSPS) is 10.9. The van der Waals surface area contributed by atoms with Crippen LogP contribution in [0.25, 0.3) is 11.4 Å². The fourth-order valence-corrected chi connectivity index (χ4v) is 2.96. The molecule has 3 aromatic rings. The van der Waals surface area contributed by atoms with Crippen molar-refractivity contribution in [1.82, 2.24) is 10.1 Å². The lowest BCUT2D eigenvalue weighted by atomic mass is 10.0. The van der Waals surface area contributed by atoms with Crippen LogP contribution in [-0.4, -0.2) is 29.7 Å². The van der Waals surface area contributed by atoms with Gasteiger partial charge in [-0.15, -0.1) is 0 Å². The maximum absolute atomic E-state index is 12.6. The molecule has 3 rings (SSSR count). The SMILES string of the molecule is CCOc1ccc(-c2noc(CCC(=O)N(C)c3cccc(C(C)C)c3)n2)cc1. The molecule has 0 N–H and O–H groups in total. The Bertz CT molecular complexity index is 948. The Morgan fingerprint density at radius 1 is 1.17 bits per heavy atom. The zero-order chi connectivity index (χ0) is 20.8. The van der Waals surface area contributed by atoms with Gasteiger partial charge in [0.05, 0.1) is 6.61 Å². The van der Waals surface area contributed by atoms with Crippen LogP contribution in [0.3, 0.4) is 0 Å². The van der Waals surface area contributed by atoms with E-state index in [4.69, 9.17) is 9.26 Å². The van der Waals surface area contributed by atoms with E-state index in [1.807, 2.05) is 43.3 Å². The fourth-order valence-electron chi connectivity index (χ4n) is 2.96. The second-order valence-electron chi connectivity index (χ2n) is 7.17. The Morgan fingerprint density at radius 2 is 1.93 bits per heavy atom. The monoisotopic (exact) mass is 393 g/mol. The number of hydrogen-bond acceptors (Lipinski definition) is 5. The molecule has 0 aliphatic carbocycles. The number of aryl methyl sites for hydroxylation is 1. The summed E-state index contributed by atoms with van der Waals surface area (Å²) in [4.78, 5) is 18.7. The van der Waals surface area contributed by atoms with E-state index in [9.17, 15) is 4.79 Å². The minimum atomic E-state index is 0.00623. The first kappa shape index (κ1) is 20.6. The molecule has 2 aromatic carbocycles. The maximum Gasteiger partial charge on any atom is 0.227 e. The van der Waals surface area contributed by atoms with Crippen molar-refractivity contribution in [3.63, 3.8) is 0 Å². The smallest absolute Gasteiger partial charge is 0.227 e. The van der Waals surface area contributed by atoms with Crippen LogP contribution in [0.4, 0.5) is 5.69 Å². The van der Waals surface area contributed by atoms with E-state index >= 15 is 0 Å². The van der Waals surface area contributed by atoms with Gasteiger partial charge < -0.3 is 14.2 Å². The number of aromatic nitrogens is 2. The number of amides is 1. The molecule has 29 heavy (non-hydrogen) atoms. The van der Waals surface area contributed by atoms with Crippen LogP contribution in [0.15, 0.2) is 53.1 Å². The molecule has 0 aliphatic heterocycles. The Hall–Kier alpha value is -3.15. The van der Waals surface area contributed by atoms with Gasteiger partial charge >= 0.3 is 0 Å². The first-order chi connectivity index (χ1) is 14.0. The van der Waals surface area contributed by atoms with E-state index in [-0.39, 0.29) is 5.91 Å². The lowest BCUT2D eigenvalue weighted by Crippen LogP contribution is -2.26. The molecular formula is C23H27N3O3. The molecule has 1 heterocycles. The molecule has 6 nitrogen and oxygen atoms in total. The van der Waals surface area contributed by atoms with Crippen molar-refractivity contribution in [2.45, 2.75) is 39.5 Å². The van der Waals surface area contributed by atoms with E-state index in [1.54, 1.807) is 11.9 Å². The van der Waals surface area contributed by atoms with Crippen molar-refractivity contribution >= 4 is 11.6 Å². The second kappa shape index (κ2) is 9.37. The highest BCUT2D eigenvalue weighted by atomic mass is 16.5. The minimum Gasteiger partial charge on any atom is -0.494 e. The van der Waals surface area contributed by atoms with Crippen molar-refractivity contribution in [1.29, 1.82) is 0 Å². The number of ether oxygens (including phenoxy) is 1. The Labute approximate surface area is 171 Å². The minimum absolute atomic E-state index is 0.00623. The van der Waals surface area contributed by atoms with Gasteiger partial charge in [0, 0.05) is 31.1 Å². The van der Waals surface area contributed by atoms with Gasteiger partial charge in [0.1, 0.15) is 5.75 Å². The maximum atomic E-state index is 12.6. The highest BCUT2D eigenvalue weighted by Crippen LogP contribution is 2.22.